The maximum atomic E-state index is 11.7. The summed E-state index contributed by atoms with van der Waals surface area (Å²) in [6.07, 6.45) is 10.1. The molecule has 2 amide bonds. The average molecular weight is 561 g/mol. The van der Waals surface area contributed by atoms with Crippen molar-refractivity contribution < 1.29 is 19.4 Å². The Labute approximate surface area is 241 Å². The number of aliphatic hydroxyl groups is 1. The molecule has 1 unspecified atom stereocenters. The number of hydrogen-bond donors (Lipinski definition) is 2. The third-order valence-electron chi connectivity index (χ3n) is 8.21. The number of hydrogen-bond acceptors (Lipinski definition) is 8. The van der Waals surface area contributed by atoms with Crippen LogP contribution >= 0.6 is 0 Å². The Morgan fingerprint density at radius 2 is 1.90 bits per heavy atom. The lowest BCUT2D eigenvalue weighted by Crippen LogP contribution is -2.28. The molecule has 1 atom stereocenters. The molecule has 10 nitrogen and oxygen atoms in total. The van der Waals surface area contributed by atoms with Gasteiger partial charge in [-0.25, -0.2) is 9.97 Å². The van der Waals surface area contributed by atoms with E-state index in [4.69, 9.17) is 9.72 Å². The smallest absolute Gasteiger partial charge is 0.228 e. The quantitative estimate of drug-likeness (QED) is 0.270. The number of carbonyl (C=O) groups excluding carboxylic acids is 2. The predicted molar refractivity (Wildman–Crippen MR) is 156 cm³/mol. The third-order valence-corrected chi connectivity index (χ3v) is 8.21. The van der Waals surface area contributed by atoms with E-state index in [1.165, 1.54) is 31.2 Å². The van der Waals surface area contributed by atoms with E-state index in [2.05, 4.69) is 45.5 Å². The molecular weight excluding hydrogens is 520 g/mol. The highest BCUT2D eigenvalue weighted by Crippen LogP contribution is 2.35. The molecule has 2 N–H and O–H groups in total. The van der Waals surface area contributed by atoms with Gasteiger partial charge < -0.3 is 19.3 Å². The van der Waals surface area contributed by atoms with Gasteiger partial charge in [-0.3, -0.25) is 19.8 Å². The van der Waals surface area contributed by atoms with Crippen LogP contribution in [0.15, 0.2) is 42.6 Å². The maximum absolute atomic E-state index is 11.7. The van der Waals surface area contributed by atoms with Crippen molar-refractivity contribution in [3.8, 4) is 17.3 Å². The standard InChI is InChI=1S/C31H40N6O4/c1-35(16-15-28(40)33-21-39)29-17-32-31(36(29)2)26-14-11-23-19-37(27(20-38)30(23)34-26)18-22-9-12-25(13-10-22)41-24-7-5-3-4-6-8-24/h9-14,17,21,24,27,38H,3-8,15-16,18-20H2,1-2H3,(H,33,39,40). The molecule has 218 valence electrons. The normalized spacial score (nSPS) is 17.6. The van der Waals surface area contributed by atoms with E-state index in [1.54, 1.807) is 6.20 Å². The van der Waals surface area contributed by atoms with Crippen LogP contribution in [0, 0.1) is 0 Å². The molecule has 0 saturated heterocycles. The van der Waals surface area contributed by atoms with Crippen molar-refractivity contribution in [3.63, 3.8) is 0 Å². The maximum Gasteiger partial charge on any atom is 0.228 e. The first-order valence-corrected chi connectivity index (χ1v) is 14.5. The van der Waals surface area contributed by atoms with Crippen LogP contribution in [0.2, 0.25) is 0 Å². The number of amides is 2. The number of anilines is 1. The summed E-state index contributed by atoms with van der Waals surface area (Å²) in [5.74, 6) is 2.13. The zero-order chi connectivity index (χ0) is 28.8. The van der Waals surface area contributed by atoms with Crippen molar-refractivity contribution in [2.75, 3.05) is 25.1 Å². The van der Waals surface area contributed by atoms with Crippen molar-refractivity contribution in [2.45, 2.75) is 70.2 Å². The van der Waals surface area contributed by atoms with Crippen molar-refractivity contribution in [1.82, 2.24) is 24.8 Å². The summed E-state index contributed by atoms with van der Waals surface area (Å²) < 4.78 is 8.20. The van der Waals surface area contributed by atoms with Gasteiger partial charge >= 0.3 is 0 Å². The monoisotopic (exact) mass is 560 g/mol. The molecule has 1 aliphatic carbocycles. The van der Waals surface area contributed by atoms with Gasteiger partial charge in [-0.05, 0) is 55.0 Å². The van der Waals surface area contributed by atoms with Crippen molar-refractivity contribution in [1.29, 1.82) is 0 Å². The zero-order valence-corrected chi connectivity index (χ0v) is 24.0. The first kappa shape index (κ1) is 28.8. The molecule has 3 heterocycles. The molecule has 1 aliphatic heterocycles. The van der Waals surface area contributed by atoms with Gasteiger partial charge in [0.05, 0.1) is 30.6 Å². The first-order valence-electron chi connectivity index (χ1n) is 14.5. The predicted octanol–water partition coefficient (Wildman–Crippen LogP) is 3.73. The van der Waals surface area contributed by atoms with Gasteiger partial charge in [0.2, 0.25) is 12.3 Å². The average Bonchev–Trinajstić information content (AvgIpc) is 3.41. The molecule has 5 rings (SSSR count). The van der Waals surface area contributed by atoms with Gasteiger partial charge in [0.15, 0.2) is 5.82 Å². The SMILES string of the molecule is CN(CCC(=O)NC=O)c1cnc(-c2ccc3c(n2)C(CO)N(Cc2ccc(OC4CCCCCC4)cc2)C3)n1C. The molecule has 0 spiro atoms. The minimum Gasteiger partial charge on any atom is -0.490 e. The molecule has 41 heavy (non-hydrogen) atoms. The number of imidazole rings is 1. The number of ether oxygens (including phenoxy) is 1. The Kier molecular flexibility index (Phi) is 9.31. The number of imide groups is 1. The number of aromatic nitrogens is 3. The Morgan fingerprint density at radius 3 is 2.61 bits per heavy atom. The third kappa shape index (κ3) is 6.77. The van der Waals surface area contributed by atoms with E-state index in [0.29, 0.717) is 38.0 Å². The number of nitrogens with zero attached hydrogens (tertiary/aromatic N) is 5. The van der Waals surface area contributed by atoms with Crippen LogP contribution in [0.25, 0.3) is 11.5 Å². The molecule has 2 aliphatic rings. The second-order valence-electron chi connectivity index (χ2n) is 11.1. The number of pyridine rings is 1. The molecule has 0 bridgehead atoms. The molecule has 3 aromatic rings. The topological polar surface area (TPSA) is 113 Å². The number of rotatable bonds is 11. The summed E-state index contributed by atoms with van der Waals surface area (Å²) in [6.45, 7) is 1.83. The van der Waals surface area contributed by atoms with Gasteiger partial charge in [-0.15, -0.1) is 0 Å². The van der Waals surface area contributed by atoms with Crippen LogP contribution in [-0.2, 0) is 29.7 Å². The van der Waals surface area contributed by atoms with Crippen LogP contribution in [-0.4, -0.2) is 63.2 Å². The van der Waals surface area contributed by atoms with Crippen molar-refractivity contribution in [2.24, 2.45) is 7.05 Å². The van der Waals surface area contributed by atoms with Crippen molar-refractivity contribution >= 4 is 18.1 Å². The lowest BCUT2D eigenvalue weighted by atomic mass is 10.1. The number of nitrogens with one attached hydrogen (secondary N) is 1. The lowest BCUT2D eigenvalue weighted by Gasteiger charge is -2.23. The molecule has 2 aromatic heterocycles. The number of benzene rings is 1. The van der Waals surface area contributed by atoms with Gasteiger partial charge in [-0.1, -0.05) is 31.0 Å². The van der Waals surface area contributed by atoms with E-state index >= 15 is 0 Å². The van der Waals surface area contributed by atoms with Crippen LogP contribution in [0.3, 0.4) is 0 Å². The van der Waals surface area contributed by atoms with Gasteiger partial charge in [-0.2, -0.15) is 0 Å². The fourth-order valence-corrected chi connectivity index (χ4v) is 5.90. The molecule has 0 radical (unpaired) electrons. The van der Waals surface area contributed by atoms with E-state index in [1.807, 2.05) is 29.6 Å². The summed E-state index contributed by atoms with van der Waals surface area (Å²) in [6, 6.07) is 12.2. The minimum absolute atomic E-state index is 0.0241. The van der Waals surface area contributed by atoms with Crippen LogP contribution < -0.4 is 15.0 Å². The van der Waals surface area contributed by atoms with Crippen LogP contribution in [0.4, 0.5) is 5.82 Å². The molecule has 1 fully saturated rings. The summed E-state index contributed by atoms with van der Waals surface area (Å²) in [5.41, 5.74) is 3.88. The number of aliphatic hydroxyl groups excluding tert-OH is 1. The Balaban J connectivity index is 1.24. The largest absolute Gasteiger partial charge is 0.490 e. The number of carbonyl (C=O) groups is 2. The fraction of sp³-hybridized carbons (Fsp3) is 0.484. The number of fused-ring (bicyclic) bond motifs is 1. The van der Waals surface area contributed by atoms with E-state index < -0.39 is 0 Å². The highest BCUT2D eigenvalue weighted by atomic mass is 16.5. The second kappa shape index (κ2) is 13.3. The molecule has 1 aromatic carbocycles. The lowest BCUT2D eigenvalue weighted by molar-refractivity contribution is -0.125. The van der Waals surface area contributed by atoms with Crippen LogP contribution in [0.5, 0.6) is 5.75 Å². The minimum atomic E-state index is -0.326. The first-order chi connectivity index (χ1) is 20.0. The summed E-state index contributed by atoms with van der Waals surface area (Å²) in [5, 5.41) is 12.5. The van der Waals surface area contributed by atoms with Crippen LogP contribution in [0.1, 0.15) is 67.8 Å². The van der Waals surface area contributed by atoms with E-state index in [-0.39, 0.29) is 25.0 Å². The molecule has 1 saturated carbocycles. The second-order valence-corrected chi connectivity index (χ2v) is 11.1. The molecular formula is C31H40N6O4. The summed E-state index contributed by atoms with van der Waals surface area (Å²) in [4.78, 5) is 35.9. The summed E-state index contributed by atoms with van der Waals surface area (Å²) >= 11 is 0. The van der Waals surface area contributed by atoms with E-state index in [0.717, 1.165) is 41.4 Å². The molecule has 10 heteroatoms. The Hall–Kier alpha value is -3.76. The highest BCUT2D eigenvalue weighted by Gasteiger charge is 2.32. The Morgan fingerprint density at radius 1 is 1.15 bits per heavy atom. The summed E-state index contributed by atoms with van der Waals surface area (Å²) in [7, 11) is 3.79. The van der Waals surface area contributed by atoms with Gasteiger partial charge in [0.25, 0.3) is 0 Å². The van der Waals surface area contributed by atoms with E-state index in [9.17, 15) is 14.7 Å². The van der Waals surface area contributed by atoms with Gasteiger partial charge in [0.1, 0.15) is 17.3 Å². The van der Waals surface area contributed by atoms with Gasteiger partial charge in [0, 0.05) is 40.2 Å². The fourth-order valence-electron chi connectivity index (χ4n) is 5.90. The highest BCUT2D eigenvalue weighted by molar-refractivity contribution is 5.86. The van der Waals surface area contributed by atoms with Crippen molar-refractivity contribution in [3.05, 3.63) is 59.4 Å². The zero-order valence-electron chi connectivity index (χ0n) is 24.0. The Bertz CT molecular complexity index is 1330.